The number of amides is 2. The summed E-state index contributed by atoms with van der Waals surface area (Å²) < 4.78 is 1.75. The first-order valence-electron chi connectivity index (χ1n) is 9.07. The number of nitrogens with zero attached hydrogens (tertiary/aromatic N) is 5. The quantitative estimate of drug-likeness (QED) is 0.758. The number of hydrogen-bond donors (Lipinski definition) is 1. The highest BCUT2D eigenvalue weighted by atomic mass is 32.2. The molecule has 2 amide bonds. The third kappa shape index (κ3) is 5.29. The van der Waals surface area contributed by atoms with E-state index in [4.69, 9.17) is 0 Å². The summed E-state index contributed by atoms with van der Waals surface area (Å²) >= 11 is 1.46. The molecule has 0 aliphatic carbocycles. The molecule has 2 aromatic rings. The van der Waals surface area contributed by atoms with Gasteiger partial charge in [0, 0.05) is 25.3 Å². The van der Waals surface area contributed by atoms with Crippen molar-refractivity contribution in [3.8, 4) is 0 Å². The molecule has 144 valence electrons. The Hall–Kier alpha value is -2.42. The molecule has 27 heavy (non-hydrogen) atoms. The highest BCUT2D eigenvalue weighted by Crippen LogP contribution is 2.23. The normalized spacial score (nSPS) is 15.1. The first-order chi connectivity index (χ1) is 13.0. The molecule has 0 aromatic carbocycles. The first kappa shape index (κ1) is 19.3. The van der Waals surface area contributed by atoms with Gasteiger partial charge in [-0.1, -0.05) is 23.0 Å². The second kappa shape index (κ2) is 8.98. The maximum absolute atomic E-state index is 12.4. The van der Waals surface area contributed by atoms with E-state index in [9.17, 15) is 9.59 Å². The summed E-state index contributed by atoms with van der Waals surface area (Å²) in [5, 5.41) is 11.7. The van der Waals surface area contributed by atoms with Crippen molar-refractivity contribution in [3.05, 3.63) is 36.3 Å². The number of carbonyl (C=O) groups is 2. The van der Waals surface area contributed by atoms with Crippen molar-refractivity contribution in [2.75, 3.05) is 18.8 Å². The summed E-state index contributed by atoms with van der Waals surface area (Å²) in [6.45, 7) is 5.17. The van der Waals surface area contributed by atoms with Crippen molar-refractivity contribution in [2.24, 2.45) is 0 Å². The van der Waals surface area contributed by atoms with Gasteiger partial charge in [0.05, 0.1) is 23.0 Å². The molecule has 1 aliphatic rings. The number of rotatable bonds is 6. The molecule has 0 unspecified atom stereocenters. The van der Waals surface area contributed by atoms with E-state index < -0.39 is 0 Å². The topological polar surface area (TPSA) is 93.0 Å². The van der Waals surface area contributed by atoms with E-state index in [1.807, 2.05) is 36.9 Å². The number of aromatic nitrogens is 4. The zero-order chi connectivity index (χ0) is 19.2. The van der Waals surface area contributed by atoms with Gasteiger partial charge in [0.1, 0.15) is 0 Å². The maximum atomic E-state index is 12.4. The highest BCUT2D eigenvalue weighted by Gasteiger charge is 2.25. The monoisotopic (exact) mass is 388 g/mol. The van der Waals surface area contributed by atoms with Crippen LogP contribution in [0.1, 0.15) is 43.2 Å². The van der Waals surface area contributed by atoms with Gasteiger partial charge in [-0.2, -0.15) is 0 Å². The zero-order valence-corrected chi connectivity index (χ0v) is 16.4. The number of thioether (sulfide) groups is 1. The molecule has 8 nitrogen and oxygen atoms in total. The molecule has 0 saturated carbocycles. The molecule has 0 radical (unpaired) electrons. The molecule has 1 saturated heterocycles. The summed E-state index contributed by atoms with van der Waals surface area (Å²) in [5.74, 6) is 0.306. The summed E-state index contributed by atoms with van der Waals surface area (Å²) in [7, 11) is 0. The molecule has 0 spiro atoms. The van der Waals surface area contributed by atoms with E-state index in [0.29, 0.717) is 24.5 Å². The summed E-state index contributed by atoms with van der Waals surface area (Å²) in [4.78, 5) is 30.5. The van der Waals surface area contributed by atoms with Crippen molar-refractivity contribution >= 4 is 23.6 Å². The lowest BCUT2D eigenvalue weighted by molar-refractivity contribution is -0.129. The predicted molar refractivity (Wildman–Crippen MR) is 102 cm³/mol. The van der Waals surface area contributed by atoms with E-state index >= 15 is 0 Å². The molecule has 2 aromatic heterocycles. The average molecular weight is 388 g/mol. The highest BCUT2D eigenvalue weighted by molar-refractivity contribution is 7.99. The Bertz CT molecular complexity index is 771. The number of nitrogens with one attached hydrogen (secondary N) is 1. The van der Waals surface area contributed by atoms with Crippen LogP contribution in [0.4, 0.5) is 0 Å². The van der Waals surface area contributed by atoms with Crippen molar-refractivity contribution in [1.29, 1.82) is 0 Å². The van der Waals surface area contributed by atoms with Gasteiger partial charge in [0.2, 0.25) is 5.91 Å². The van der Waals surface area contributed by atoms with Gasteiger partial charge in [0.25, 0.3) is 5.91 Å². The van der Waals surface area contributed by atoms with Crippen molar-refractivity contribution in [1.82, 2.24) is 30.2 Å². The molecule has 3 rings (SSSR count). The number of carbonyl (C=O) groups excluding carboxylic acids is 2. The van der Waals surface area contributed by atoms with E-state index in [2.05, 4.69) is 20.6 Å². The van der Waals surface area contributed by atoms with Crippen LogP contribution in [-0.4, -0.2) is 61.6 Å². The Morgan fingerprint density at radius 3 is 2.74 bits per heavy atom. The lowest BCUT2D eigenvalue weighted by Gasteiger charge is -2.31. The van der Waals surface area contributed by atoms with Gasteiger partial charge in [-0.05, 0) is 38.8 Å². The standard InChI is InChI=1S/C18H24N6O2S/c1-13(2)20-18(26)15-11-24(22-21-15)14-6-9-23(10-7-14)17(25)12-27-16-5-3-4-8-19-16/h3-5,8,11,13-14H,6-7,9-10,12H2,1-2H3,(H,20,26). The van der Waals surface area contributed by atoms with Crippen LogP contribution in [0.15, 0.2) is 35.6 Å². The van der Waals surface area contributed by atoms with Gasteiger partial charge in [-0.25, -0.2) is 9.67 Å². The number of piperidine rings is 1. The Morgan fingerprint density at radius 2 is 2.07 bits per heavy atom. The van der Waals surface area contributed by atoms with Gasteiger partial charge in [-0.3, -0.25) is 9.59 Å². The van der Waals surface area contributed by atoms with Crippen LogP contribution in [-0.2, 0) is 4.79 Å². The summed E-state index contributed by atoms with van der Waals surface area (Å²) in [6, 6.07) is 5.89. The van der Waals surface area contributed by atoms with Gasteiger partial charge in [-0.15, -0.1) is 5.10 Å². The van der Waals surface area contributed by atoms with Crippen LogP contribution < -0.4 is 5.32 Å². The predicted octanol–water partition coefficient (Wildman–Crippen LogP) is 1.77. The van der Waals surface area contributed by atoms with Crippen LogP contribution in [0, 0.1) is 0 Å². The van der Waals surface area contributed by atoms with E-state index in [-0.39, 0.29) is 23.9 Å². The van der Waals surface area contributed by atoms with Crippen LogP contribution >= 0.6 is 11.8 Å². The smallest absolute Gasteiger partial charge is 0.273 e. The third-order valence-electron chi connectivity index (χ3n) is 4.34. The number of hydrogen-bond acceptors (Lipinski definition) is 6. The summed E-state index contributed by atoms with van der Waals surface area (Å²) in [6.07, 6.45) is 5.02. The third-order valence-corrected chi connectivity index (χ3v) is 5.26. The number of likely N-dealkylation sites (tertiary alicyclic amines) is 1. The molecule has 0 bridgehead atoms. The molecular weight excluding hydrogens is 364 g/mol. The van der Waals surface area contributed by atoms with Crippen molar-refractivity contribution < 1.29 is 9.59 Å². The second-order valence-corrected chi connectivity index (χ2v) is 7.78. The fourth-order valence-electron chi connectivity index (χ4n) is 2.93. The minimum Gasteiger partial charge on any atom is -0.348 e. The van der Waals surface area contributed by atoms with Gasteiger partial charge >= 0.3 is 0 Å². The molecule has 1 fully saturated rings. The number of pyridine rings is 1. The lowest BCUT2D eigenvalue weighted by Crippen LogP contribution is -2.40. The minimum absolute atomic E-state index is 0.0563. The first-order valence-corrected chi connectivity index (χ1v) is 10.1. The minimum atomic E-state index is -0.213. The molecule has 1 N–H and O–H groups in total. The molecule has 1 aliphatic heterocycles. The van der Waals surface area contributed by atoms with Crippen LogP contribution in [0.2, 0.25) is 0 Å². The maximum Gasteiger partial charge on any atom is 0.273 e. The SMILES string of the molecule is CC(C)NC(=O)c1cn(C2CCN(C(=O)CSc3ccccn3)CC2)nn1. The van der Waals surface area contributed by atoms with E-state index in [1.54, 1.807) is 17.1 Å². The van der Waals surface area contributed by atoms with Crippen molar-refractivity contribution in [3.63, 3.8) is 0 Å². The van der Waals surface area contributed by atoms with Crippen LogP contribution in [0.5, 0.6) is 0 Å². The second-order valence-electron chi connectivity index (χ2n) is 6.78. The molecular formula is C18H24N6O2S. The average Bonchev–Trinajstić information content (AvgIpc) is 3.17. The largest absolute Gasteiger partial charge is 0.348 e. The Balaban J connectivity index is 1.48. The van der Waals surface area contributed by atoms with Gasteiger partial charge in [0.15, 0.2) is 5.69 Å². The van der Waals surface area contributed by atoms with Gasteiger partial charge < -0.3 is 10.2 Å². The van der Waals surface area contributed by atoms with Crippen molar-refractivity contribution in [2.45, 2.75) is 43.8 Å². The molecule has 9 heteroatoms. The Kier molecular flexibility index (Phi) is 6.44. The lowest BCUT2D eigenvalue weighted by atomic mass is 10.1. The van der Waals surface area contributed by atoms with Crippen LogP contribution in [0.25, 0.3) is 0 Å². The fourth-order valence-corrected chi connectivity index (χ4v) is 3.70. The zero-order valence-electron chi connectivity index (χ0n) is 15.5. The van der Waals surface area contributed by atoms with E-state index in [1.165, 1.54) is 11.8 Å². The summed E-state index contributed by atoms with van der Waals surface area (Å²) in [5.41, 5.74) is 0.328. The Morgan fingerprint density at radius 1 is 1.30 bits per heavy atom. The Labute approximate surface area is 162 Å². The van der Waals surface area contributed by atoms with E-state index in [0.717, 1.165) is 17.9 Å². The van der Waals surface area contributed by atoms with Crippen LogP contribution in [0.3, 0.4) is 0 Å². The fraction of sp³-hybridized carbons (Fsp3) is 0.500. The molecule has 3 heterocycles. The molecule has 0 atom stereocenters.